The number of nitrogens with one attached hydrogen (secondary N) is 1. The number of sulfonamides is 1. The van der Waals surface area contributed by atoms with Gasteiger partial charge in [0.05, 0.1) is 10.9 Å². The Morgan fingerprint density at radius 2 is 1.76 bits per heavy atom. The van der Waals surface area contributed by atoms with E-state index in [9.17, 15) is 17.6 Å². The fourth-order valence-corrected chi connectivity index (χ4v) is 4.00. The Labute approximate surface area is 155 Å². The van der Waals surface area contributed by atoms with Crippen LogP contribution in [0, 0.1) is 5.82 Å². The van der Waals surface area contributed by atoms with Gasteiger partial charge in [0, 0.05) is 24.1 Å². The number of hydrogen-bond acceptors (Lipinski definition) is 3. The molecule has 2 aromatic rings. The van der Waals surface area contributed by atoms with E-state index in [0.717, 1.165) is 9.87 Å². The molecule has 1 N–H and O–H groups in total. The maximum atomic E-state index is 13.0. The van der Waals surface area contributed by atoms with Crippen LogP contribution in [0.5, 0.6) is 0 Å². The summed E-state index contributed by atoms with van der Waals surface area (Å²) in [7, 11) is -0.841. The third-order valence-corrected chi connectivity index (χ3v) is 6.48. The highest BCUT2D eigenvalue weighted by Crippen LogP contribution is 2.25. The number of carbonyl (C=O) groups is 1. The Balaban J connectivity index is 2.27. The van der Waals surface area contributed by atoms with Crippen LogP contribution in [0.2, 0.25) is 0 Å². The molecule has 2 rings (SSSR count). The lowest BCUT2D eigenvalue weighted by Crippen LogP contribution is -2.27. The van der Waals surface area contributed by atoms with Gasteiger partial charge >= 0.3 is 0 Å². The van der Waals surface area contributed by atoms with Crippen LogP contribution in [0.3, 0.4) is 0 Å². The van der Waals surface area contributed by atoms with Crippen LogP contribution in [0.15, 0.2) is 51.8 Å². The van der Waals surface area contributed by atoms with Gasteiger partial charge in [0.2, 0.25) is 10.0 Å². The molecule has 0 aromatic heterocycles. The van der Waals surface area contributed by atoms with Gasteiger partial charge in [0.25, 0.3) is 5.91 Å². The Bertz CT molecular complexity index is 883. The zero-order chi connectivity index (χ0) is 18.8. The third kappa shape index (κ3) is 4.45. The second-order valence-corrected chi connectivity index (χ2v) is 8.65. The lowest BCUT2D eigenvalue weighted by Gasteiger charge is -2.16. The smallest absolute Gasteiger partial charge is 0.251 e. The highest BCUT2D eigenvalue weighted by Gasteiger charge is 2.22. The topological polar surface area (TPSA) is 66.5 Å². The fourth-order valence-electron chi connectivity index (χ4n) is 2.15. The van der Waals surface area contributed by atoms with Crippen molar-refractivity contribution in [3.63, 3.8) is 0 Å². The first-order valence-electron chi connectivity index (χ1n) is 7.41. The van der Waals surface area contributed by atoms with Gasteiger partial charge in [0.15, 0.2) is 0 Å². The molecule has 25 heavy (non-hydrogen) atoms. The van der Waals surface area contributed by atoms with E-state index in [1.165, 1.54) is 44.4 Å². The quantitative estimate of drug-likeness (QED) is 0.793. The van der Waals surface area contributed by atoms with Crippen LogP contribution in [0.25, 0.3) is 0 Å². The summed E-state index contributed by atoms with van der Waals surface area (Å²) in [6, 6.07) is 9.84. The van der Waals surface area contributed by atoms with Crippen molar-refractivity contribution in [3.05, 3.63) is 63.9 Å². The van der Waals surface area contributed by atoms with Crippen molar-refractivity contribution >= 4 is 31.9 Å². The molecule has 0 aliphatic carbocycles. The lowest BCUT2D eigenvalue weighted by atomic mass is 10.1. The molecule has 0 radical (unpaired) electrons. The summed E-state index contributed by atoms with van der Waals surface area (Å²) in [5.41, 5.74) is 0.964. The number of carbonyl (C=O) groups excluding carboxylic acids is 1. The molecule has 0 unspecified atom stereocenters. The Hall–Kier alpha value is -1.77. The molecule has 0 aliphatic heterocycles. The molecule has 0 heterocycles. The first-order valence-corrected chi connectivity index (χ1v) is 9.64. The van der Waals surface area contributed by atoms with E-state index in [4.69, 9.17) is 0 Å². The standard InChI is InChI=1S/C17H18BrFN2O3S/c1-11(12-4-7-14(19)8-5-12)20-17(22)13-6-9-15(18)16(10-13)25(23,24)21(2)3/h4-11H,1-3H3,(H,20,22)/t11-/m0/s1. The summed E-state index contributed by atoms with van der Waals surface area (Å²) in [5, 5.41) is 2.77. The minimum atomic E-state index is -3.68. The first kappa shape index (κ1) is 19.6. The van der Waals surface area contributed by atoms with E-state index in [0.29, 0.717) is 4.47 Å². The largest absolute Gasteiger partial charge is 0.346 e. The van der Waals surface area contributed by atoms with E-state index in [1.807, 2.05) is 0 Å². The molecular formula is C17H18BrFN2O3S. The van der Waals surface area contributed by atoms with Crippen molar-refractivity contribution in [2.45, 2.75) is 17.9 Å². The molecule has 0 fully saturated rings. The molecule has 5 nitrogen and oxygen atoms in total. The van der Waals surface area contributed by atoms with E-state index in [2.05, 4.69) is 21.2 Å². The molecule has 1 amide bonds. The number of nitrogens with zero attached hydrogens (tertiary/aromatic N) is 1. The highest BCUT2D eigenvalue weighted by atomic mass is 79.9. The number of benzene rings is 2. The van der Waals surface area contributed by atoms with E-state index in [1.54, 1.807) is 19.1 Å². The van der Waals surface area contributed by atoms with Crippen molar-refractivity contribution in [2.24, 2.45) is 0 Å². The van der Waals surface area contributed by atoms with Gasteiger partial charge in [-0.15, -0.1) is 0 Å². The van der Waals surface area contributed by atoms with E-state index in [-0.39, 0.29) is 22.3 Å². The zero-order valence-corrected chi connectivity index (χ0v) is 16.4. The summed E-state index contributed by atoms with van der Waals surface area (Å²) in [4.78, 5) is 12.5. The summed E-state index contributed by atoms with van der Waals surface area (Å²) in [6.07, 6.45) is 0. The van der Waals surface area contributed by atoms with Crippen LogP contribution in [0.1, 0.15) is 28.9 Å². The summed E-state index contributed by atoms with van der Waals surface area (Å²) in [6.45, 7) is 1.77. The zero-order valence-electron chi connectivity index (χ0n) is 14.0. The predicted octanol–water partition coefficient (Wildman–Crippen LogP) is 3.33. The SMILES string of the molecule is C[C@H](NC(=O)c1ccc(Br)c(S(=O)(=O)N(C)C)c1)c1ccc(F)cc1. The van der Waals surface area contributed by atoms with Crippen LogP contribution >= 0.6 is 15.9 Å². The van der Waals surface area contributed by atoms with Crippen molar-refractivity contribution in [3.8, 4) is 0 Å². The summed E-state index contributed by atoms with van der Waals surface area (Å²) in [5.74, 6) is -0.770. The van der Waals surface area contributed by atoms with Gasteiger partial charge in [-0.2, -0.15) is 0 Å². The highest BCUT2D eigenvalue weighted by molar-refractivity contribution is 9.10. The number of halogens is 2. The molecule has 0 saturated heterocycles. The van der Waals surface area contributed by atoms with Crippen molar-refractivity contribution in [1.29, 1.82) is 0 Å². The van der Waals surface area contributed by atoms with Gasteiger partial charge in [-0.25, -0.2) is 17.1 Å². The average molecular weight is 429 g/mol. The van der Waals surface area contributed by atoms with Crippen molar-refractivity contribution in [2.75, 3.05) is 14.1 Å². The molecule has 134 valence electrons. The van der Waals surface area contributed by atoms with E-state index >= 15 is 0 Å². The Kier molecular flexibility index (Phi) is 5.97. The summed E-state index contributed by atoms with van der Waals surface area (Å²) < 4.78 is 39.1. The van der Waals surface area contributed by atoms with Crippen molar-refractivity contribution < 1.29 is 17.6 Å². The second kappa shape index (κ2) is 7.63. The Morgan fingerprint density at radius 1 is 1.16 bits per heavy atom. The molecule has 0 saturated carbocycles. The van der Waals surface area contributed by atoms with Gasteiger partial charge < -0.3 is 5.32 Å². The molecule has 0 aliphatic rings. The van der Waals surface area contributed by atoms with Gasteiger partial charge in [-0.1, -0.05) is 12.1 Å². The fraction of sp³-hybridized carbons (Fsp3) is 0.235. The van der Waals surface area contributed by atoms with Gasteiger partial charge in [0.1, 0.15) is 5.82 Å². The molecule has 0 spiro atoms. The normalized spacial score (nSPS) is 12.9. The third-order valence-electron chi connectivity index (χ3n) is 3.67. The minimum absolute atomic E-state index is 0.0135. The van der Waals surface area contributed by atoms with Crippen LogP contribution in [-0.2, 0) is 10.0 Å². The van der Waals surface area contributed by atoms with Gasteiger partial charge in [-0.3, -0.25) is 4.79 Å². The minimum Gasteiger partial charge on any atom is -0.346 e. The monoisotopic (exact) mass is 428 g/mol. The van der Waals surface area contributed by atoms with Crippen LogP contribution in [-0.4, -0.2) is 32.7 Å². The molecule has 8 heteroatoms. The number of rotatable bonds is 5. The number of amides is 1. The number of hydrogen-bond donors (Lipinski definition) is 1. The molecular weight excluding hydrogens is 411 g/mol. The van der Waals surface area contributed by atoms with Crippen LogP contribution in [0.4, 0.5) is 4.39 Å². The lowest BCUT2D eigenvalue weighted by molar-refractivity contribution is 0.0939. The maximum absolute atomic E-state index is 13.0. The predicted molar refractivity (Wildman–Crippen MR) is 97.3 cm³/mol. The van der Waals surface area contributed by atoms with Crippen LogP contribution < -0.4 is 5.32 Å². The molecule has 0 bridgehead atoms. The average Bonchev–Trinajstić information content (AvgIpc) is 2.55. The van der Waals surface area contributed by atoms with E-state index < -0.39 is 15.9 Å². The first-order chi connectivity index (χ1) is 11.6. The maximum Gasteiger partial charge on any atom is 0.251 e. The second-order valence-electron chi connectivity index (χ2n) is 5.68. The summed E-state index contributed by atoms with van der Waals surface area (Å²) >= 11 is 3.20. The molecule has 2 aromatic carbocycles. The van der Waals surface area contributed by atoms with Crippen molar-refractivity contribution in [1.82, 2.24) is 9.62 Å². The molecule has 1 atom stereocenters. The Morgan fingerprint density at radius 3 is 2.32 bits per heavy atom. The van der Waals surface area contributed by atoms with Gasteiger partial charge in [-0.05, 0) is 58.7 Å².